The van der Waals surface area contributed by atoms with E-state index in [1.165, 1.54) is 12.1 Å². The molecule has 0 spiro atoms. The number of carbonyl (C=O) groups is 2. The van der Waals surface area contributed by atoms with E-state index < -0.39 is 17.5 Å². The normalized spacial score (nSPS) is 11.6. The van der Waals surface area contributed by atoms with E-state index in [9.17, 15) is 14.4 Å². The molecule has 3 aromatic carbocycles. The summed E-state index contributed by atoms with van der Waals surface area (Å²) in [6.45, 7) is 5.51. The fourth-order valence-electron chi connectivity index (χ4n) is 3.52. The third-order valence-corrected chi connectivity index (χ3v) is 5.67. The van der Waals surface area contributed by atoms with Crippen LogP contribution in [0.5, 0.6) is 11.5 Å². The Kier molecular flexibility index (Phi) is 6.96. The molecule has 1 heterocycles. The van der Waals surface area contributed by atoms with Gasteiger partial charge < -0.3 is 19.2 Å². The minimum absolute atomic E-state index is 0.105. The van der Waals surface area contributed by atoms with Crippen LogP contribution < -0.4 is 20.4 Å². The molecule has 178 valence electrons. The van der Waals surface area contributed by atoms with Crippen molar-refractivity contribution in [3.8, 4) is 11.5 Å². The number of rotatable bonds is 7. The van der Waals surface area contributed by atoms with Crippen molar-refractivity contribution in [3.63, 3.8) is 0 Å². The molecule has 0 aliphatic rings. The fourth-order valence-corrected chi connectivity index (χ4v) is 3.52. The number of aryl methyl sites for hydroxylation is 2. The van der Waals surface area contributed by atoms with Crippen LogP contribution in [0.25, 0.3) is 11.0 Å². The van der Waals surface area contributed by atoms with Crippen molar-refractivity contribution in [1.82, 2.24) is 5.32 Å². The van der Waals surface area contributed by atoms with Crippen LogP contribution in [0.4, 0.5) is 0 Å². The van der Waals surface area contributed by atoms with Crippen LogP contribution in [0, 0.1) is 13.8 Å². The lowest BCUT2D eigenvalue weighted by molar-refractivity contribution is -0.136. The van der Waals surface area contributed by atoms with E-state index in [1.54, 1.807) is 18.2 Å². The van der Waals surface area contributed by atoms with Gasteiger partial charge in [-0.2, -0.15) is 0 Å². The average molecular weight is 472 g/mol. The second-order valence-corrected chi connectivity index (χ2v) is 8.26. The van der Waals surface area contributed by atoms with Gasteiger partial charge in [0, 0.05) is 11.5 Å². The molecular weight excluding hydrogens is 446 g/mol. The molecule has 4 rings (SSSR count). The highest BCUT2D eigenvalue weighted by Gasteiger charge is 2.17. The highest BCUT2D eigenvalue weighted by Crippen LogP contribution is 2.22. The summed E-state index contributed by atoms with van der Waals surface area (Å²) in [6.07, 6.45) is 0. The molecule has 4 aromatic rings. The summed E-state index contributed by atoms with van der Waals surface area (Å²) >= 11 is 0. The van der Waals surface area contributed by atoms with E-state index in [1.807, 2.05) is 63.2 Å². The van der Waals surface area contributed by atoms with Gasteiger partial charge in [-0.15, -0.1) is 0 Å². The maximum Gasteiger partial charge on any atom is 0.349 e. The van der Waals surface area contributed by atoms with Crippen molar-refractivity contribution in [2.75, 3.05) is 6.61 Å². The zero-order valence-electron chi connectivity index (χ0n) is 19.7. The summed E-state index contributed by atoms with van der Waals surface area (Å²) in [5.74, 6) is -0.363. The molecule has 0 aliphatic carbocycles. The SMILES string of the molecule is Cc1ccc(OCC(=O)Oc2ccc3cc(C(=O)NC(C)c4ccccc4)c(=O)oc3c2)cc1C. The second-order valence-electron chi connectivity index (χ2n) is 8.26. The van der Waals surface area contributed by atoms with E-state index in [4.69, 9.17) is 13.9 Å². The van der Waals surface area contributed by atoms with Gasteiger partial charge in [-0.1, -0.05) is 36.4 Å². The van der Waals surface area contributed by atoms with Gasteiger partial charge in [-0.05, 0) is 67.8 Å². The number of esters is 1. The number of benzene rings is 3. The lowest BCUT2D eigenvalue weighted by Gasteiger charge is -2.14. The molecule has 7 nitrogen and oxygen atoms in total. The molecule has 0 bridgehead atoms. The minimum atomic E-state index is -0.781. The van der Waals surface area contributed by atoms with Crippen LogP contribution in [-0.2, 0) is 4.79 Å². The summed E-state index contributed by atoms with van der Waals surface area (Å²) in [5.41, 5.74) is 2.41. The van der Waals surface area contributed by atoms with Gasteiger partial charge >= 0.3 is 11.6 Å². The van der Waals surface area contributed by atoms with Gasteiger partial charge in [0.1, 0.15) is 22.6 Å². The van der Waals surface area contributed by atoms with E-state index in [2.05, 4.69) is 5.32 Å². The fraction of sp³-hybridized carbons (Fsp3) is 0.179. The topological polar surface area (TPSA) is 94.8 Å². The van der Waals surface area contributed by atoms with E-state index in [0.717, 1.165) is 16.7 Å². The van der Waals surface area contributed by atoms with Crippen molar-refractivity contribution in [3.05, 3.63) is 105 Å². The molecule has 1 aromatic heterocycles. The van der Waals surface area contributed by atoms with Crippen LogP contribution in [0.15, 0.2) is 82.0 Å². The van der Waals surface area contributed by atoms with Crippen molar-refractivity contribution in [1.29, 1.82) is 0 Å². The van der Waals surface area contributed by atoms with Crippen molar-refractivity contribution >= 4 is 22.8 Å². The van der Waals surface area contributed by atoms with Crippen LogP contribution >= 0.6 is 0 Å². The van der Waals surface area contributed by atoms with Gasteiger partial charge in [0.15, 0.2) is 6.61 Å². The molecule has 1 N–H and O–H groups in total. The van der Waals surface area contributed by atoms with Crippen LogP contribution in [-0.4, -0.2) is 18.5 Å². The molecular formula is C28H25NO6. The van der Waals surface area contributed by atoms with Crippen molar-refractivity contribution in [2.45, 2.75) is 26.8 Å². The molecule has 0 saturated heterocycles. The molecule has 0 fully saturated rings. The van der Waals surface area contributed by atoms with E-state index in [-0.39, 0.29) is 29.5 Å². The first kappa shape index (κ1) is 23.8. The standard InChI is InChI=1S/C28H25NO6/c1-17-9-11-22(13-18(17)2)33-16-26(30)34-23-12-10-21-14-24(28(32)35-25(21)15-23)27(31)29-19(3)20-7-5-4-6-8-20/h4-15,19H,16H2,1-3H3,(H,29,31). The molecule has 1 unspecified atom stereocenters. The lowest BCUT2D eigenvalue weighted by atomic mass is 10.1. The third-order valence-electron chi connectivity index (χ3n) is 5.67. The molecule has 7 heteroatoms. The number of carbonyl (C=O) groups excluding carboxylic acids is 2. The second kappa shape index (κ2) is 10.3. The molecule has 1 amide bonds. The number of hydrogen-bond acceptors (Lipinski definition) is 6. The lowest BCUT2D eigenvalue weighted by Crippen LogP contribution is -2.30. The largest absolute Gasteiger partial charge is 0.482 e. The first-order valence-electron chi connectivity index (χ1n) is 11.1. The first-order valence-corrected chi connectivity index (χ1v) is 11.1. The summed E-state index contributed by atoms with van der Waals surface area (Å²) in [5, 5.41) is 3.33. The molecule has 35 heavy (non-hydrogen) atoms. The van der Waals surface area contributed by atoms with Crippen molar-refractivity contribution in [2.24, 2.45) is 0 Å². The zero-order chi connectivity index (χ0) is 24.9. The quantitative estimate of drug-likeness (QED) is 0.234. The monoisotopic (exact) mass is 471 g/mol. The zero-order valence-corrected chi connectivity index (χ0v) is 19.7. The summed E-state index contributed by atoms with van der Waals surface area (Å²) in [7, 11) is 0. The van der Waals surface area contributed by atoms with E-state index >= 15 is 0 Å². The summed E-state index contributed by atoms with van der Waals surface area (Å²) < 4.78 is 16.1. The van der Waals surface area contributed by atoms with Gasteiger partial charge in [0.2, 0.25) is 0 Å². The van der Waals surface area contributed by atoms with Crippen LogP contribution in [0.3, 0.4) is 0 Å². The van der Waals surface area contributed by atoms with Crippen molar-refractivity contribution < 1.29 is 23.5 Å². The Morgan fingerprint density at radius 2 is 1.66 bits per heavy atom. The summed E-state index contributed by atoms with van der Waals surface area (Å²) in [6, 6.07) is 20.8. The highest BCUT2D eigenvalue weighted by atomic mass is 16.6. The minimum Gasteiger partial charge on any atom is -0.482 e. The van der Waals surface area contributed by atoms with Gasteiger partial charge in [0.05, 0.1) is 6.04 Å². The Morgan fingerprint density at radius 1 is 0.914 bits per heavy atom. The molecule has 0 aliphatic heterocycles. The highest BCUT2D eigenvalue weighted by molar-refractivity contribution is 5.97. The van der Waals surface area contributed by atoms with Crippen LogP contribution in [0.1, 0.15) is 40.0 Å². The number of fused-ring (bicyclic) bond motifs is 1. The Morgan fingerprint density at radius 3 is 2.40 bits per heavy atom. The maximum absolute atomic E-state index is 12.7. The number of nitrogens with one attached hydrogen (secondary N) is 1. The predicted molar refractivity (Wildman–Crippen MR) is 132 cm³/mol. The summed E-state index contributed by atoms with van der Waals surface area (Å²) in [4.78, 5) is 37.4. The molecule has 0 saturated carbocycles. The molecule has 1 atom stereocenters. The number of hydrogen-bond donors (Lipinski definition) is 1. The van der Waals surface area contributed by atoms with Gasteiger partial charge in [0.25, 0.3) is 5.91 Å². The molecule has 0 radical (unpaired) electrons. The Balaban J connectivity index is 1.43. The Bertz CT molecular complexity index is 1440. The first-order chi connectivity index (χ1) is 16.8. The van der Waals surface area contributed by atoms with Gasteiger partial charge in [-0.3, -0.25) is 4.79 Å². The smallest absolute Gasteiger partial charge is 0.349 e. The average Bonchev–Trinajstić information content (AvgIpc) is 2.84. The maximum atomic E-state index is 12.7. The van der Waals surface area contributed by atoms with E-state index in [0.29, 0.717) is 11.1 Å². The van der Waals surface area contributed by atoms with Crippen LogP contribution in [0.2, 0.25) is 0 Å². The Labute approximate surface area is 202 Å². The number of ether oxygens (including phenoxy) is 2. The Hall–Kier alpha value is -4.39. The number of amides is 1. The predicted octanol–water partition coefficient (Wildman–Crippen LogP) is 4.89. The van der Waals surface area contributed by atoms with Gasteiger partial charge in [-0.25, -0.2) is 9.59 Å². The third kappa shape index (κ3) is 5.76.